The van der Waals surface area contributed by atoms with Crippen molar-refractivity contribution >= 4 is 17.8 Å². The van der Waals surface area contributed by atoms with E-state index in [0.29, 0.717) is 18.8 Å². The van der Waals surface area contributed by atoms with E-state index in [4.69, 9.17) is 0 Å². The molecule has 0 spiro atoms. The summed E-state index contributed by atoms with van der Waals surface area (Å²) in [5.41, 5.74) is 1.51. The number of benzene rings is 1. The Labute approximate surface area is 147 Å². The van der Waals surface area contributed by atoms with E-state index in [2.05, 4.69) is 4.74 Å². The van der Waals surface area contributed by atoms with Crippen molar-refractivity contribution in [2.24, 2.45) is 11.8 Å². The highest BCUT2D eigenvalue weighted by atomic mass is 16.5. The Kier molecular flexibility index (Phi) is 5.18. The summed E-state index contributed by atoms with van der Waals surface area (Å²) in [4.78, 5) is 39.9. The first-order valence-electron chi connectivity index (χ1n) is 8.72. The van der Waals surface area contributed by atoms with Gasteiger partial charge < -0.3 is 4.74 Å². The lowest BCUT2D eigenvalue weighted by Crippen LogP contribution is -2.40. The molecule has 1 aliphatic carbocycles. The highest BCUT2D eigenvalue weighted by molar-refractivity contribution is 6.05. The van der Waals surface area contributed by atoms with Crippen LogP contribution < -0.4 is 0 Å². The number of hydrogen-bond acceptors (Lipinski definition) is 5. The summed E-state index contributed by atoms with van der Waals surface area (Å²) in [6.07, 6.45) is 3.75. The van der Waals surface area contributed by atoms with Crippen LogP contribution in [0.3, 0.4) is 0 Å². The largest absolute Gasteiger partial charge is 0.465 e. The number of amides is 2. The molecule has 2 amide bonds. The highest BCUT2D eigenvalue weighted by Gasteiger charge is 2.48. The molecule has 1 aromatic rings. The topological polar surface area (TPSA) is 66.9 Å². The SMILES string of the molecule is COC(=O)c1ccc(CN(C)CN2C(=O)[C@H]3CCCC[C@@H]3C2=O)cc1. The Balaban J connectivity index is 1.60. The molecule has 1 saturated carbocycles. The number of rotatable bonds is 5. The van der Waals surface area contributed by atoms with E-state index in [1.807, 2.05) is 24.1 Å². The lowest BCUT2D eigenvalue weighted by Gasteiger charge is -2.23. The maximum Gasteiger partial charge on any atom is 0.337 e. The molecule has 1 aromatic carbocycles. The quantitative estimate of drug-likeness (QED) is 0.604. The minimum atomic E-state index is -0.365. The van der Waals surface area contributed by atoms with Gasteiger partial charge in [-0.1, -0.05) is 25.0 Å². The van der Waals surface area contributed by atoms with Crippen molar-refractivity contribution in [3.05, 3.63) is 35.4 Å². The molecule has 25 heavy (non-hydrogen) atoms. The predicted octanol–water partition coefficient (Wildman–Crippen LogP) is 2.04. The minimum Gasteiger partial charge on any atom is -0.465 e. The lowest BCUT2D eigenvalue weighted by molar-refractivity contribution is -0.142. The summed E-state index contributed by atoms with van der Waals surface area (Å²) in [7, 11) is 3.24. The second-order valence-corrected chi connectivity index (χ2v) is 6.95. The molecule has 0 aromatic heterocycles. The van der Waals surface area contributed by atoms with Crippen LogP contribution in [0.4, 0.5) is 0 Å². The standard InChI is InChI=1S/C19H24N2O4/c1-20(11-13-7-9-14(10-8-13)19(24)25-2)12-21-17(22)15-5-3-4-6-16(15)18(21)23/h7-10,15-16H,3-6,11-12H2,1-2H3/t15-,16-/m0/s1. The molecule has 0 bridgehead atoms. The highest BCUT2D eigenvalue weighted by Crippen LogP contribution is 2.37. The Morgan fingerprint density at radius 3 is 2.20 bits per heavy atom. The first-order valence-corrected chi connectivity index (χ1v) is 8.72. The average molecular weight is 344 g/mol. The van der Waals surface area contributed by atoms with Crippen molar-refractivity contribution in [2.75, 3.05) is 20.8 Å². The molecular formula is C19H24N2O4. The van der Waals surface area contributed by atoms with Gasteiger partial charge in [-0.3, -0.25) is 19.4 Å². The Hall–Kier alpha value is -2.21. The van der Waals surface area contributed by atoms with Crippen LogP contribution in [-0.2, 0) is 20.9 Å². The minimum absolute atomic E-state index is 0.0115. The van der Waals surface area contributed by atoms with Crippen LogP contribution >= 0.6 is 0 Å². The summed E-state index contributed by atoms with van der Waals surface area (Å²) in [5.74, 6) is -0.594. The summed E-state index contributed by atoms with van der Waals surface area (Å²) in [6, 6.07) is 7.15. The zero-order valence-electron chi connectivity index (χ0n) is 14.7. The Morgan fingerprint density at radius 2 is 1.68 bits per heavy atom. The van der Waals surface area contributed by atoms with Gasteiger partial charge in [0.15, 0.2) is 0 Å². The third kappa shape index (κ3) is 3.58. The summed E-state index contributed by atoms with van der Waals surface area (Å²) >= 11 is 0. The van der Waals surface area contributed by atoms with Gasteiger partial charge in [0.1, 0.15) is 0 Å². The first-order chi connectivity index (χ1) is 12.0. The number of fused-ring (bicyclic) bond motifs is 1. The van der Waals surface area contributed by atoms with Crippen molar-refractivity contribution in [1.29, 1.82) is 0 Å². The van der Waals surface area contributed by atoms with Gasteiger partial charge in [0.25, 0.3) is 0 Å². The number of nitrogens with zero attached hydrogens (tertiary/aromatic N) is 2. The summed E-state index contributed by atoms with van der Waals surface area (Å²) in [6.45, 7) is 0.900. The number of methoxy groups -OCH3 is 1. The number of ether oxygens (including phenoxy) is 1. The third-order valence-corrected chi connectivity index (χ3v) is 5.14. The smallest absolute Gasteiger partial charge is 0.337 e. The van der Waals surface area contributed by atoms with Crippen molar-refractivity contribution < 1.29 is 19.1 Å². The molecule has 1 heterocycles. The van der Waals surface area contributed by atoms with Crippen molar-refractivity contribution in [3.63, 3.8) is 0 Å². The van der Waals surface area contributed by atoms with Gasteiger partial charge in [-0.05, 0) is 37.6 Å². The van der Waals surface area contributed by atoms with Crippen LogP contribution in [0.1, 0.15) is 41.6 Å². The number of imide groups is 1. The van der Waals surface area contributed by atoms with E-state index in [-0.39, 0.29) is 29.6 Å². The van der Waals surface area contributed by atoms with Gasteiger partial charge in [0.05, 0.1) is 31.2 Å². The molecule has 2 fully saturated rings. The van der Waals surface area contributed by atoms with E-state index in [1.165, 1.54) is 12.0 Å². The van der Waals surface area contributed by atoms with Crippen LogP contribution in [0.15, 0.2) is 24.3 Å². The molecule has 0 N–H and O–H groups in total. The molecule has 1 aliphatic heterocycles. The molecule has 0 radical (unpaired) electrons. The van der Waals surface area contributed by atoms with Gasteiger partial charge >= 0.3 is 5.97 Å². The second-order valence-electron chi connectivity index (χ2n) is 6.95. The molecule has 0 unspecified atom stereocenters. The van der Waals surface area contributed by atoms with Crippen molar-refractivity contribution in [2.45, 2.75) is 32.2 Å². The fraction of sp³-hybridized carbons (Fsp3) is 0.526. The number of carbonyl (C=O) groups is 3. The average Bonchev–Trinajstić information content (AvgIpc) is 2.87. The van der Waals surface area contributed by atoms with E-state index in [0.717, 1.165) is 31.2 Å². The molecular weight excluding hydrogens is 320 g/mol. The van der Waals surface area contributed by atoms with Crippen molar-refractivity contribution in [3.8, 4) is 0 Å². The lowest BCUT2D eigenvalue weighted by atomic mass is 9.81. The van der Waals surface area contributed by atoms with E-state index in [9.17, 15) is 14.4 Å². The Bertz CT molecular complexity index is 647. The predicted molar refractivity (Wildman–Crippen MR) is 91.4 cm³/mol. The number of hydrogen-bond donors (Lipinski definition) is 0. The van der Waals surface area contributed by atoms with Gasteiger partial charge in [-0.2, -0.15) is 0 Å². The van der Waals surface area contributed by atoms with Gasteiger partial charge in [-0.15, -0.1) is 0 Å². The Morgan fingerprint density at radius 1 is 1.12 bits per heavy atom. The summed E-state index contributed by atoms with van der Waals surface area (Å²) in [5, 5.41) is 0. The molecule has 2 atom stereocenters. The normalized spacial score (nSPS) is 23.1. The number of esters is 1. The zero-order valence-corrected chi connectivity index (χ0v) is 14.7. The zero-order chi connectivity index (χ0) is 18.0. The second kappa shape index (κ2) is 7.35. The molecule has 6 nitrogen and oxygen atoms in total. The molecule has 3 rings (SSSR count). The maximum absolute atomic E-state index is 12.5. The van der Waals surface area contributed by atoms with Crippen LogP contribution in [0.25, 0.3) is 0 Å². The maximum atomic E-state index is 12.5. The molecule has 6 heteroatoms. The van der Waals surface area contributed by atoms with Gasteiger partial charge in [0.2, 0.25) is 11.8 Å². The van der Waals surface area contributed by atoms with E-state index < -0.39 is 0 Å². The molecule has 1 saturated heterocycles. The van der Waals surface area contributed by atoms with Gasteiger partial charge in [-0.25, -0.2) is 4.79 Å². The van der Waals surface area contributed by atoms with Crippen molar-refractivity contribution in [1.82, 2.24) is 9.80 Å². The summed E-state index contributed by atoms with van der Waals surface area (Å²) < 4.78 is 4.68. The third-order valence-electron chi connectivity index (χ3n) is 5.14. The van der Waals surface area contributed by atoms with Crippen LogP contribution in [0.2, 0.25) is 0 Å². The van der Waals surface area contributed by atoms with Crippen LogP contribution in [0, 0.1) is 11.8 Å². The van der Waals surface area contributed by atoms with Crippen LogP contribution in [0.5, 0.6) is 0 Å². The fourth-order valence-corrected chi connectivity index (χ4v) is 3.84. The van der Waals surface area contributed by atoms with Crippen LogP contribution in [-0.4, -0.2) is 48.4 Å². The fourth-order valence-electron chi connectivity index (χ4n) is 3.84. The van der Waals surface area contributed by atoms with E-state index >= 15 is 0 Å². The molecule has 134 valence electrons. The monoisotopic (exact) mass is 344 g/mol. The first kappa shape index (κ1) is 17.6. The number of carbonyl (C=O) groups excluding carboxylic acids is 3. The van der Waals surface area contributed by atoms with E-state index in [1.54, 1.807) is 12.1 Å². The number of likely N-dealkylation sites (tertiary alicyclic amines) is 1. The molecule has 2 aliphatic rings. The van der Waals surface area contributed by atoms with Gasteiger partial charge in [0, 0.05) is 6.54 Å².